The SMILES string of the molecule is CCCCCCCCN(C)C(=O)c1cc2cc(F)c(O)c(F)c2oc1=O. The van der Waals surface area contributed by atoms with Crippen LogP contribution in [0.25, 0.3) is 11.0 Å². The van der Waals surface area contributed by atoms with Crippen LogP contribution < -0.4 is 5.63 Å². The zero-order valence-corrected chi connectivity index (χ0v) is 15.0. The number of phenols is 1. The Morgan fingerprint density at radius 3 is 2.50 bits per heavy atom. The molecule has 0 aliphatic carbocycles. The Morgan fingerprint density at radius 1 is 1.15 bits per heavy atom. The van der Waals surface area contributed by atoms with Crippen molar-refractivity contribution in [1.29, 1.82) is 0 Å². The van der Waals surface area contributed by atoms with Crippen LogP contribution in [0.1, 0.15) is 55.8 Å². The topological polar surface area (TPSA) is 70.8 Å². The van der Waals surface area contributed by atoms with Gasteiger partial charge in [-0.2, -0.15) is 4.39 Å². The lowest BCUT2D eigenvalue weighted by molar-refractivity contribution is 0.0788. The number of aromatic hydroxyl groups is 1. The summed E-state index contributed by atoms with van der Waals surface area (Å²) in [5.74, 6) is -4.35. The normalized spacial score (nSPS) is 11.1. The molecule has 2 rings (SSSR count). The number of carbonyl (C=O) groups excluding carboxylic acids is 1. The van der Waals surface area contributed by atoms with Gasteiger partial charge in [-0.15, -0.1) is 0 Å². The summed E-state index contributed by atoms with van der Waals surface area (Å²) >= 11 is 0. The number of hydrogen-bond donors (Lipinski definition) is 1. The van der Waals surface area contributed by atoms with Crippen molar-refractivity contribution in [3.05, 3.63) is 39.8 Å². The third kappa shape index (κ3) is 4.39. The van der Waals surface area contributed by atoms with E-state index in [4.69, 9.17) is 4.42 Å². The van der Waals surface area contributed by atoms with E-state index in [1.54, 1.807) is 7.05 Å². The average Bonchev–Trinajstić information content (AvgIpc) is 2.62. The molecule has 142 valence electrons. The van der Waals surface area contributed by atoms with Gasteiger partial charge in [-0.3, -0.25) is 4.79 Å². The lowest BCUT2D eigenvalue weighted by atomic mass is 10.1. The van der Waals surface area contributed by atoms with Crippen LogP contribution in [0.3, 0.4) is 0 Å². The van der Waals surface area contributed by atoms with E-state index < -0.39 is 34.5 Å². The van der Waals surface area contributed by atoms with Gasteiger partial charge in [0.15, 0.2) is 17.1 Å². The molecule has 1 aromatic carbocycles. The van der Waals surface area contributed by atoms with Crippen LogP contribution in [-0.4, -0.2) is 29.5 Å². The maximum atomic E-state index is 13.8. The van der Waals surface area contributed by atoms with Crippen molar-refractivity contribution in [2.45, 2.75) is 45.4 Å². The van der Waals surface area contributed by atoms with Crippen molar-refractivity contribution >= 4 is 16.9 Å². The van der Waals surface area contributed by atoms with Gasteiger partial charge in [0.2, 0.25) is 5.82 Å². The Morgan fingerprint density at radius 2 is 1.81 bits per heavy atom. The Hall–Kier alpha value is -2.44. The van der Waals surface area contributed by atoms with Crippen molar-refractivity contribution < 1.29 is 23.1 Å². The molecular weight excluding hydrogens is 344 g/mol. The Balaban J connectivity index is 2.13. The highest BCUT2D eigenvalue weighted by Gasteiger charge is 2.21. The quantitative estimate of drug-likeness (QED) is 0.560. The number of hydrogen-bond acceptors (Lipinski definition) is 4. The number of amides is 1. The maximum Gasteiger partial charge on any atom is 0.349 e. The number of unbranched alkanes of at least 4 members (excludes halogenated alkanes) is 5. The first-order chi connectivity index (χ1) is 12.4. The molecule has 2 aromatic rings. The van der Waals surface area contributed by atoms with Crippen LogP contribution in [-0.2, 0) is 0 Å². The third-order valence-corrected chi connectivity index (χ3v) is 4.32. The fourth-order valence-electron chi connectivity index (χ4n) is 2.77. The van der Waals surface area contributed by atoms with Gasteiger partial charge < -0.3 is 14.4 Å². The van der Waals surface area contributed by atoms with Gasteiger partial charge in [0.05, 0.1) is 0 Å². The van der Waals surface area contributed by atoms with Crippen LogP contribution in [0.15, 0.2) is 21.3 Å². The predicted octanol–water partition coefficient (Wildman–Crippen LogP) is 4.21. The predicted molar refractivity (Wildman–Crippen MR) is 94.4 cm³/mol. The summed E-state index contributed by atoms with van der Waals surface area (Å²) in [5, 5.41) is 9.15. The molecule has 0 aliphatic heterocycles. The first kappa shape index (κ1) is 19.9. The molecule has 1 heterocycles. The number of carbonyl (C=O) groups is 1. The molecule has 0 unspecified atom stereocenters. The van der Waals surface area contributed by atoms with Crippen molar-refractivity contribution in [1.82, 2.24) is 4.90 Å². The van der Waals surface area contributed by atoms with Crippen LogP contribution in [0, 0.1) is 11.6 Å². The monoisotopic (exact) mass is 367 g/mol. The van der Waals surface area contributed by atoms with Crippen LogP contribution >= 0.6 is 0 Å². The summed E-state index contributed by atoms with van der Waals surface area (Å²) in [6.07, 6.45) is 6.40. The molecule has 0 atom stereocenters. The molecule has 0 saturated heterocycles. The van der Waals surface area contributed by atoms with Crippen molar-refractivity contribution in [3.8, 4) is 5.75 Å². The van der Waals surface area contributed by atoms with E-state index in [-0.39, 0.29) is 10.9 Å². The van der Waals surface area contributed by atoms with Gasteiger partial charge in [-0.05, 0) is 18.6 Å². The summed E-state index contributed by atoms with van der Waals surface area (Å²) in [7, 11) is 1.57. The molecular formula is C19H23F2NO4. The second kappa shape index (κ2) is 8.78. The zero-order valence-electron chi connectivity index (χ0n) is 15.0. The molecule has 0 saturated carbocycles. The molecule has 0 spiro atoms. The molecule has 7 heteroatoms. The maximum absolute atomic E-state index is 13.8. The molecule has 1 N–H and O–H groups in total. The third-order valence-electron chi connectivity index (χ3n) is 4.32. The lowest BCUT2D eigenvalue weighted by Crippen LogP contribution is -2.31. The van der Waals surface area contributed by atoms with E-state index in [2.05, 4.69) is 6.92 Å². The van der Waals surface area contributed by atoms with Gasteiger partial charge >= 0.3 is 5.63 Å². The van der Waals surface area contributed by atoms with E-state index in [0.29, 0.717) is 6.54 Å². The van der Waals surface area contributed by atoms with E-state index >= 15 is 0 Å². The molecule has 1 aromatic heterocycles. The number of benzene rings is 1. The smallest absolute Gasteiger partial charge is 0.349 e. The zero-order chi connectivity index (χ0) is 19.3. The largest absolute Gasteiger partial charge is 0.503 e. The van der Waals surface area contributed by atoms with Gasteiger partial charge in [0, 0.05) is 19.0 Å². The summed E-state index contributed by atoms with van der Waals surface area (Å²) in [4.78, 5) is 25.9. The fourth-order valence-corrected chi connectivity index (χ4v) is 2.77. The second-order valence-corrected chi connectivity index (χ2v) is 6.38. The molecule has 26 heavy (non-hydrogen) atoms. The summed E-state index contributed by atoms with van der Waals surface area (Å²) in [6, 6.07) is 1.91. The number of rotatable bonds is 8. The second-order valence-electron chi connectivity index (χ2n) is 6.38. The Labute approximate surface area is 150 Å². The first-order valence-electron chi connectivity index (χ1n) is 8.77. The van der Waals surface area contributed by atoms with Crippen LogP contribution in [0.2, 0.25) is 0 Å². The minimum Gasteiger partial charge on any atom is -0.503 e. The summed E-state index contributed by atoms with van der Waals surface area (Å²) < 4.78 is 32.1. The minimum atomic E-state index is -1.36. The van der Waals surface area contributed by atoms with Gasteiger partial charge in [0.25, 0.3) is 5.91 Å². The van der Waals surface area contributed by atoms with Gasteiger partial charge in [-0.25, -0.2) is 9.18 Å². The lowest BCUT2D eigenvalue weighted by Gasteiger charge is -2.16. The molecule has 0 bridgehead atoms. The summed E-state index contributed by atoms with van der Waals surface area (Å²) in [6.45, 7) is 2.61. The van der Waals surface area contributed by atoms with E-state index in [1.165, 1.54) is 11.3 Å². The highest BCUT2D eigenvalue weighted by Crippen LogP contribution is 2.28. The minimum absolute atomic E-state index is 0.103. The first-order valence-corrected chi connectivity index (χ1v) is 8.77. The van der Waals surface area contributed by atoms with Crippen molar-refractivity contribution in [3.63, 3.8) is 0 Å². The average molecular weight is 367 g/mol. The highest BCUT2D eigenvalue weighted by molar-refractivity contribution is 5.96. The highest BCUT2D eigenvalue weighted by atomic mass is 19.1. The van der Waals surface area contributed by atoms with Crippen LogP contribution in [0.5, 0.6) is 5.75 Å². The molecule has 5 nitrogen and oxygen atoms in total. The standard InChI is InChI=1S/C19H23F2NO4/c1-3-4-5-6-7-8-9-22(2)18(24)13-10-12-11-14(20)16(23)15(21)17(12)26-19(13)25/h10-11,23H,3-9H2,1-2H3. The van der Waals surface area contributed by atoms with E-state index in [1.807, 2.05) is 0 Å². The van der Waals surface area contributed by atoms with Crippen molar-refractivity contribution in [2.75, 3.05) is 13.6 Å². The van der Waals surface area contributed by atoms with Crippen LogP contribution in [0.4, 0.5) is 8.78 Å². The summed E-state index contributed by atoms with van der Waals surface area (Å²) in [5.41, 5.74) is -1.90. The van der Waals surface area contributed by atoms with Gasteiger partial charge in [-0.1, -0.05) is 39.0 Å². The van der Waals surface area contributed by atoms with Gasteiger partial charge in [0.1, 0.15) is 5.56 Å². The number of phenolic OH excluding ortho intramolecular Hbond substituents is 1. The molecule has 0 radical (unpaired) electrons. The van der Waals surface area contributed by atoms with Crippen molar-refractivity contribution in [2.24, 2.45) is 0 Å². The number of halogens is 2. The Bertz CT molecular complexity index is 848. The molecule has 1 amide bonds. The molecule has 0 fully saturated rings. The van der Waals surface area contributed by atoms with E-state index in [0.717, 1.165) is 44.2 Å². The molecule has 0 aliphatic rings. The number of nitrogens with zero attached hydrogens (tertiary/aromatic N) is 1. The fraction of sp³-hybridized carbons (Fsp3) is 0.474. The Kier molecular flexibility index (Phi) is 6.71. The number of fused-ring (bicyclic) bond motifs is 1. The van der Waals surface area contributed by atoms with E-state index in [9.17, 15) is 23.5 Å².